The summed E-state index contributed by atoms with van der Waals surface area (Å²) in [6.45, 7) is 18.9. The normalized spacial score (nSPS) is 28.2. The van der Waals surface area contributed by atoms with Crippen LogP contribution in [0.25, 0.3) is 0 Å². The molecule has 0 radical (unpaired) electrons. The molecule has 0 aromatic rings. The van der Waals surface area contributed by atoms with Gasteiger partial charge in [-0.3, -0.25) is 0 Å². The Bertz CT molecular complexity index is 490. The van der Waals surface area contributed by atoms with E-state index in [0.29, 0.717) is 11.1 Å². The van der Waals surface area contributed by atoms with Gasteiger partial charge in [-0.25, -0.2) is 0 Å². The summed E-state index contributed by atoms with van der Waals surface area (Å²) in [5.74, 6) is 0. The largest absolute Gasteiger partial charge is 0.0768 e. The van der Waals surface area contributed by atoms with Crippen molar-refractivity contribution in [1.82, 2.24) is 0 Å². The highest BCUT2D eigenvalue weighted by molar-refractivity contribution is 6.82. The average Bonchev–Trinajstić information content (AvgIpc) is 2.75. The first-order chi connectivity index (χ1) is 8.67. The SMILES string of the molecule is CC1=CC([Si](C)(C)C2C=C(C)C(C)=C2C)C(C)=C1C. The predicted molar refractivity (Wildman–Crippen MR) is 89.2 cm³/mol. The molecule has 0 bridgehead atoms. The number of hydrogen-bond acceptors (Lipinski definition) is 0. The third-order valence-corrected chi connectivity index (χ3v) is 10.1. The van der Waals surface area contributed by atoms with Crippen LogP contribution in [0.3, 0.4) is 0 Å². The van der Waals surface area contributed by atoms with Crippen LogP contribution in [0, 0.1) is 0 Å². The minimum absolute atomic E-state index is 0.711. The monoisotopic (exact) mass is 272 g/mol. The van der Waals surface area contributed by atoms with E-state index in [-0.39, 0.29) is 0 Å². The minimum atomic E-state index is -1.40. The van der Waals surface area contributed by atoms with Crippen molar-refractivity contribution in [2.75, 3.05) is 0 Å². The molecule has 2 rings (SSSR count). The highest BCUT2D eigenvalue weighted by atomic mass is 28.3. The van der Waals surface area contributed by atoms with Crippen LogP contribution in [0.15, 0.2) is 45.6 Å². The highest BCUT2D eigenvalue weighted by Gasteiger charge is 2.42. The van der Waals surface area contributed by atoms with Gasteiger partial charge in [0.1, 0.15) is 0 Å². The van der Waals surface area contributed by atoms with E-state index in [1.54, 1.807) is 11.1 Å². The van der Waals surface area contributed by atoms with E-state index < -0.39 is 8.07 Å². The lowest BCUT2D eigenvalue weighted by Crippen LogP contribution is -2.37. The van der Waals surface area contributed by atoms with Crippen molar-refractivity contribution in [1.29, 1.82) is 0 Å². The molecule has 0 heterocycles. The first-order valence-electron chi connectivity index (χ1n) is 7.40. The Hall–Kier alpha value is -0.823. The van der Waals surface area contributed by atoms with Gasteiger partial charge < -0.3 is 0 Å². The lowest BCUT2D eigenvalue weighted by atomic mass is 10.1. The molecular weight excluding hydrogens is 244 g/mol. The Morgan fingerprint density at radius 1 is 0.684 bits per heavy atom. The summed E-state index contributed by atoms with van der Waals surface area (Å²) in [4.78, 5) is 0. The highest BCUT2D eigenvalue weighted by Crippen LogP contribution is 2.51. The van der Waals surface area contributed by atoms with Crippen molar-refractivity contribution in [2.45, 2.75) is 65.7 Å². The molecule has 2 unspecified atom stereocenters. The number of hydrogen-bond donors (Lipinski definition) is 0. The van der Waals surface area contributed by atoms with Crippen molar-refractivity contribution in [3.63, 3.8) is 0 Å². The molecule has 0 nitrogen and oxygen atoms in total. The third-order valence-electron chi connectivity index (χ3n) is 5.74. The lowest BCUT2D eigenvalue weighted by Gasteiger charge is -2.36. The minimum Gasteiger partial charge on any atom is -0.0768 e. The molecule has 0 aromatic heterocycles. The molecule has 0 aromatic carbocycles. The summed E-state index contributed by atoms with van der Waals surface area (Å²) >= 11 is 0. The Labute approximate surface area is 120 Å². The van der Waals surface area contributed by atoms with Gasteiger partial charge in [-0.15, -0.1) is 0 Å². The number of rotatable bonds is 2. The zero-order valence-electron chi connectivity index (χ0n) is 13.8. The van der Waals surface area contributed by atoms with Crippen molar-refractivity contribution < 1.29 is 0 Å². The fourth-order valence-corrected chi connectivity index (χ4v) is 8.24. The summed E-state index contributed by atoms with van der Waals surface area (Å²) in [5, 5.41) is 0. The maximum atomic E-state index is 2.57. The van der Waals surface area contributed by atoms with Crippen LogP contribution in [-0.2, 0) is 0 Å². The summed E-state index contributed by atoms with van der Waals surface area (Å²) in [6.07, 6.45) is 5.09. The number of allylic oxidation sites excluding steroid dienone is 8. The summed E-state index contributed by atoms with van der Waals surface area (Å²) in [5.41, 5.74) is 10.7. The van der Waals surface area contributed by atoms with E-state index in [0.717, 1.165) is 0 Å². The molecule has 1 heteroatoms. The molecule has 2 aliphatic rings. The lowest BCUT2D eigenvalue weighted by molar-refractivity contribution is 1.05. The molecule has 0 amide bonds. The van der Waals surface area contributed by atoms with Crippen LogP contribution in [0.1, 0.15) is 41.5 Å². The molecule has 19 heavy (non-hydrogen) atoms. The molecule has 2 aliphatic carbocycles. The van der Waals surface area contributed by atoms with Crippen LogP contribution in [0.2, 0.25) is 24.2 Å². The van der Waals surface area contributed by atoms with Gasteiger partial charge in [0.05, 0.1) is 8.07 Å². The first-order valence-corrected chi connectivity index (χ1v) is 10.6. The van der Waals surface area contributed by atoms with Crippen molar-refractivity contribution >= 4 is 8.07 Å². The van der Waals surface area contributed by atoms with Crippen LogP contribution in [0.5, 0.6) is 0 Å². The average molecular weight is 273 g/mol. The van der Waals surface area contributed by atoms with E-state index in [4.69, 9.17) is 0 Å². The van der Waals surface area contributed by atoms with Gasteiger partial charge in [0.25, 0.3) is 0 Å². The molecule has 0 spiro atoms. The van der Waals surface area contributed by atoms with Gasteiger partial charge in [-0.05, 0) is 63.8 Å². The smallest absolute Gasteiger partial charge is 0.0706 e. The van der Waals surface area contributed by atoms with Gasteiger partial charge in [-0.1, -0.05) is 47.5 Å². The molecule has 0 N–H and O–H groups in total. The second-order valence-electron chi connectivity index (χ2n) is 7.09. The molecule has 0 fully saturated rings. The Morgan fingerprint density at radius 2 is 1.00 bits per heavy atom. The van der Waals surface area contributed by atoms with Gasteiger partial charge >= 0.3 is 0 Å². The maximum Gasteiger partial charge on any atom is 0.0706 e. The molecular formula is C18H28Si. The van der Waals surface area contributed by atoms with Crippen LogP contribution >= 0.6 is 0 Å². The zero-order valence-corrected chi connectivity index (χ0v) is 14.8. The van der Waals surface area contributed by atoms with E-state index in [2.05, 4.69) is 66.8 Å². The van der Waals surface area contributed by atoms with Gasteiger partial charge in [0, 0.05) is 0 Å². The quantitative estimate of drug-likeness (QED) is 0.539. The molecule has 0 saturated heterocycles. The van der Waals surface area contributed by atoms with E-state index >= 15 is 0 Å². The van der Waals surface area contributed by atoms with Gasteiger partial charge in [0.2, 0.25) is 0 Å². The fraction of sp³-hybridized carbons (Fsp3) is 0.556. The molecule has 2 atom stereocenters. The van der Waals surface area contributed by atoms with Gasteiger partial charge in [0.15, 0.2) is 0 Å². The van der Waals surface area contributed by atoms with Crippen LogP contribution in [0.4, 0.5) is 0 Å². The summed E-state index contributed by atoms with van der Waals surface area (Å²) in [6, 6.07) is 0. The fourth-order valence-electron chi connectivity index (χ4n) is 3.83. The Kier molecular flexibility index (Phi) is 3.55. The Morgan fingerprint density at radius 3 is 1.21 bits per heavy atom. The van der Waals surface area contributed by atoms with E-state index in [1.165, 1.54) is 22.3 Å². The van der Waals surface area contributed by atoms with E-state index in [9.17, 15) is 0 Å². The summed E-state index contributed by atoms with van der Waals surface area (Å²) < 4.78 is 0. The summed E-state index contributed by atoms with van der Waals surface area (Å²) in [7, 11) is -1.40. The second kappa shape index (κ2) is 4.62. The first kappa shape index (κ1) is 14.6. The topological polar surface area (TPSA) is 0 Å². The predicted octanol–water partition coefficient (Wildman–Crippen LogP) is 6.03. The van der Waals surface area contributed by atoms with Crippen LogP contribution in [-0.4, -0.2) is 8.07 Å². The van der Waals surface area contributed by atoms with Crippen molar-refractivity contribution in [3.8, 4) is 0 Å². The standard InChI is InChI=1S/C18H28Si/c1-11-9-17(15(5)13(11)3)19(7,8)18-10-12(2)14(4)16(18)6/h9-10,17-18H,1-8H3. The maximum absolute atomic E-state index is 2.57. The molecule has 104 valence electrons. The third kappa shape index (κ3) is 2.12. The Balaban J connectivity index is 2.42. The van der Waals surface area contributed by atoms with Crippen LogP contribution < -0.4 is 0 Å². The van der Waals surface area contributed by atoms with Gasteiger partial charge in [-0.2, -0.15) is 0 Å². The van der Waals surface area contributed by atoms with Crippen molar-refractivity contribution in [2.24, 2.45) is 0 Å². The molecule has 0 saturated carbocycles. The zero-order chi connectivity index (χ0) is 14.5. The second-order valence-corrected chi connectivity index (χ2v) is 12.0. The van der Waals surface area contributed by atoms with Crippen molar-refractivity contribution in [3.05, 3.63) is 45.6 Å². The van der Waals surface area contributed by atoms with E-state index in [1.807, 2.05) is 0 Å². The molecule has 0 aliphatic heterocycles.